The molecule has 0 spiro atoms. The van der Waals surface area contributed by atoms with Crippen LogP contribution < -0.4 is 10.1 Å². The maximum Gasteiger partial charge on any atom is 0.276 e. The molecule has 1 amide bonds. The molecule has 0 aliphatic rings. The molecule has 0 radical (unpaired) electrons. The first-order valence-corrected chi connectivity index (χ1v) is 10.6. The highest BCUT2D eigenvalue weighted by Gasteiger charge is 2.12. The third-order valence-corrected chi connectivity index (χ3v) is 5.52. The molecule has 0 saturated heterocycles. The Morgan fingerprint density at radius 1 is 1.16 bits per heavy atom. The number of halogens is 1. The number of rotatable bonds is 8. The minimum atomic E-state index is -0.319. The van der Waals surface area contributed by atoms with Gasteiger partial charge in [-0.2, -0.15) is 15.3 Å². The smallest absolute Gasteiger partial charge is 0.276 e. The van der Waals surface area contributed by atoms with Gasteiger partial charge < -0.3 is 10.1 Å². The van der Waals surface area contributed by atoms with Crippen LogP contribution in [0.1, 0.15) is 34.2 Å². The molecule has 3 heterocycles. The number of aromatic nitrogens is 6. The summed E-state index contributed by atoms with van der Waals surface area (Å²) >= 11 is 6.03. The molecule has 1 N–H and O–H groups in total. The predicted octanol–water partition coefficient (Wildman–Crippen LogP) is 3.90. The van der Waals surface area contributed by atoms with Gasteiger partial charge in [0.25, 0.3) is 5.91 Å². The molecule has 0 saturated carbocycles. The number of benzene rings is 1. The van der Waals surface area contributed by atoms with Crippen molar-refractivity contribution in [2.75, 3.05) is 5.32 Å². The van der Waals surface area contributed by atoms with Crippen LogP contribution in [0.3, 0.4) is 0 Å². The van der Waals surface area contributed by atoms with Crippen molar-refractivity contribution in [1.29, 1.82) is 0 Å². The van der Waals surface area contributed by atoms with Gasteiger partial charge in [-0.3, -0.25) is 14.2 Å². The van der Waals surface area contributed by atoms with Gasteiger partial charge in [0.2, 0.25) is 0 Å². The van der Waals surface area contributed by atoms with E-state index in [1.807, 2.05) is 30.8 Å². The quantitative estimate of drug-likeness (QED) is 0.436. The van der Waals surface area contributed by atoms with E-state index in [0.29, 0.717) is 23.0 Å². The molecule has 0 aliphatic heterocycles. The van der Waals surface area contributed by atoms with E-state index in [0.717, 1.165) is 23.4 Å². The lowest BCUT2D eigenvalue weighted by molar-refractivity contribution is 0.102. The molecule has 0 fully saturated rings. The Labute approximate surface area is 190 Å². The van der Waals surface area contributed by atoms with Gasteiger partial charge in [-0.1, -0.05) is 11.6 Å². The molecule has 4 rings (SSSR count). The molecule has 0 aliphatic carbocycles. The zero-order valence-electron chi connectivity index (χ0n) is 18.1. The van der Waals surface area contributed by atoms with Gasteiger partial charge in [-0.05, 0) is 50.6 Å². The Morgan fingerprint density at radius 3 is 2.75 bits per heavy atom. The summed E-state index contributed by atoms with van der Waals surface area (Å²) in [5.41, 5.74) is 4.00. The number of carbonyl (C=O) groups is 1. The third kappa shape index (κ3) is 4.83. The van der Waals surface area contributed by atoms with Crippen molar-refractivity contribution < 1.29 is 9.53 Å². The highest BCUT2D eigenvalue weighted by Crippen LogP contribution is 2.21. The maximum absolute atomic E-state index is 12.6. The van der Waals surface area contributed by atoms with Gasteiger partial charge in [0.1, 0.15) is 5.75 Å². The maximum atomic E-state index is 12.6. The normalized spacial score (nSPS) is 11.0. The van der Waals surface area contributed by atoms with Gasteiger partial charge >= 0.3 is 0 Å². The zero-order chi connectivity index (χ0) is 22.7. The fourth-order valence-corrected chi connectivity index (χ4v) is 3.36. The zero-order valence-corrected chi connectivity index (χ0v) is 18.9. The van der Waals surface area contributed by atoms with Gasteiger partial charge in [0, 0.05) is 35.2 Å². The van der Waals surface area contributed by atoms with E-state index in [2.05, 4.69) is 27.5 Å². The first-order valence-electron chi connectivity index (χ1n) is 10.2. The minimum Gasteiger partial charge on any atom is -0.471 e. The van der Waals surface area contributed by atoms with Crippen LogP contribution in [-0.4, -0.2) is 35.2 Å². The molecule has 10 heteroatoms. The van der Waals surface area contributed by atoms with Gasteiger partial charge in [0.15, 0.2) is 12.4 Å². The number of hydrogen-bond donors (Lipinski definition) is 1. The number of anilines is 1. The van der Waals surface area contributed by atoms with Crippen molar-refractivity contribution in [1.82, 2.24) is 29.3 Å². The summed E-state index contributed by atoms with van der Waals surface area (Å²) in [5, 5.41) is 16.5. The molecule has 9 nitrogen and oxygen atoms in total. The predicted molar refractivity (Wildman–Crippen MR) is 121 cm³/mol. The van der Waals surface area contributed by atoms with E-state index in [9.17, 15) is 4.79 Å². The van der Waals surface area contributed by atoms with Crippen LogP contribution in [-0.2, 0) is 19.8 Å². The molecular weight excluding hydrogens is 430 g/mol. The van der Waals surface area contributed by atoms with Crippen molar-refractivity contribution in [3.05, 3.63) is 76.6 Å². The number of ether oxygens (including phenoxy) is 1. The second-order valence-electron chi connectivity index (χ2n) is 7.38. The number of hydrogen-bond acceptors (Lipinski definition) is 5. The summed E-state index contributed by atoms with van der Waals surface area (Å²) in [4.78, 5) is 12.6. The van der Waals surface area contributed by atoms with E-state index in [1.165, 1.54) is 0 Å². The molecule has 166 valence electrons. The number of aryl methyl sites for hydroxylation is 2. The molecule has 4 aromatic rings. The Balaban J connectivity index is 1.34. The molecule has 0 bridgehead atoms. The fourth-order valence-electron chi connectivity index (χ4n) is 3.25. The summed E-state index contributed by atoms with van der Waals surface area (Å²) in [6, 6.07) is 7.06. The fraction of sp³-hybridized carbons (Fsp3) is 0.273. The van der Waals surface area contributed by atoms with Crippen LogP contribution in [0.2, 0.25) is 5.02 Å². The topological polar surface area (TPSA) is 91.8 Å². The lowest BCUT2D eigenvalue weighted by Crippen LogP contribution is -2.14. The van der Waals surface area contributed by atoms with Crippen LogP contribution in [0.5, 0.6) is 5.75 Å². The summed E-state index contributed by atoms with van der Waals surface area (Å²) in [6.45, 7) is 7.58. The Hall–Kier alpha value is -3.59. The highest BCUT2D eigenvalue weighted by atomic mass is 35.5. The highest BCUT2D eigenvalue weighted by molar-refractivity contribution is 6.31. The largest absolute Gasteiger partial charge is 0.471 e. The third-order valence-electron chi connectivity index (χ3n) is 5.09. The number of amides is 1. The average Bonchev–Trinajstić information content (AvgIpc) is 3.50. The van der Waals surface area contributed by atoms with Gasteiger partial charge in [0.05, 0.1) is 24.6 Å². The summed E-state index contributed by atoms with van der Waals surface area (Å²) in [5.74, 6) is 0.362. The van der Waals surface area contributed by atoms with E-state index in [-0.39, 0.29) is 18.3 Å². The first kappa shape index (κ1) is 21.6. The SMILES string of the molecule is CCn1ncc(Cn2cc(NC(=O)c3ccn(COc4ccc(Cl)c(C)c4)n3)cn2)c1C. The Morgan fingerprint density at radius 2 is 2.00 bits per heavy atom. The van der Waals surface area contributed by atoms with Crippen LogP contribution >= 0.6 is 11.6 Å². The molecule has 0 unspecified atom stereocenters. The molecule has 1 aromatic carbocycles. The molecule has 0 atom stereocenters. The summed E-state index contributed by atoms with van der Waals surface area (Å²) in [7, 11) is 0. The molecular formula is C22H24ClN7O2. The van der Waals surface area contributed by atoms with Crippen molar-refractivity contribution in [3.63, 3.8) is 0 Å². The Kier molecular flexibility index (Phi) is 6.27. The van der Waals surface area contributed by atoms with Crippen molar-refractivity contribution in [2.24, 2.45) is 0 Å². The van der Waals surface area contributed by atoms with E-state index in [4.69, 9.17) is 16.3 Å². The van der Waals surface area contributed by atoms with Crippen LogP contribution in [0, 0.1) is 13.8 Å². The van der Waals surface area contributed by atoms with E-state index >= 15 is 0 Å². The number of carbonyl (C=O) groups excluding carboxylic acids is 1. The summed E-state index contributed by atoms with van der Waals surface area (Å²) in [6.07, 6.45) is 6.93. The standard InChI is InChI=1S/C22H24ClN7O2/c1-4-30-16(3)17(10-25-30)12-29-13-18(11-24-29)26-22(31)21-7-8-28(27-21)14-32-19-5-6-20(23)15(2)9-19/h5-11,13H,4,12,14H2,1-3H3,(H,26,31). The van der Waals surface area contributed by atoms with Crippen molar-refractivity contribution in [3.8, 4) is 5.75 Å². The van der Waals surface area contributed by atoms with Crippen molar-refractivity contribution >= 4 is 23.2 Å². The van der Waals surface area contributed by atoms with Crippen LogP contribution in [0.4, 0.5) is 5.69 Å². The van der Waals surface area contributed by atoms with E-state index < -0.39 is 0 Å². The lowest BCUT2D eigenvalue weighted by atomic mass is 10.2. The second kappa shape index (κ2) is 9.27. The van der Waals surface area contributed by atoms with E-state index in [1.54, 1.807) is 46.2 Å². The lowest BCUT2D eigenvalue weighted by Gasteiger charge is -2.07. The summed E-state index contributed by atoms with van der Waals surface area (Å²) < 4.78 is 11.0. The van der Waals surface area contributed by atoms with Gasteiger partial charge in [-0.15, -0.1) is 0 Å². The molecule has 3 aromatic heterocycles. The number of nitrogens with one attached hydrogen (secondary N) is 1. The monoisotopic (exact) mass is 453 g/mol. The number of nitrogens with zero attached hydrogens (tertiary/aromatic N) is 6. The van der Waals surface area contributed by atoms with Crippen molar-refractivity contribution in [2.45, 2.75) is 40.6 Å². The van der Waals surface area contributed by atoms with Crippen LogP contribution in [0.15, 0.2) is 49.1 Å². The van der Waals surface area contributed by atoms with Crippen LogP contribution in [0.25, 0.3) is 0 Å². The molecule has 32 heavy (non-hydrogen) atoms. The minimum absolute atomic E-state index is 0.178. The average molecular weight is 454 g/mol. The second-order valence-corrected chi connectivity index (χ2v) is 7.78. The Bertz CT molecular complexity index is 1240. The van der Waals surface area contributed by atoms with Gasteiger partial charge in [-0.25, -0.2) is 4.68 Å². The first-order chi connectivity index (χ1) is 15.4.